The van der Waals surface area contributed by atoms with Crippen molar-refractivity contribution in [3.63, 3.8) is 0 Å². The summed E-state index contributed by atoms with van der Waals surface area (Å²) in [5.41, 5.74) is 0. The van der Waals surface area contributed by atoms with Gasteiger partial charge in [-0.05, 0) is 12.2 Å². The fraction of sp³-hybridized carbons (Fsp3) is 0.556. The lowest BCUT2D eigenvalue weighted by Gasteiger charge is -1.99. The normalized spacial score (nSPS) is 13.4. The second-order valence-corrected chi connectivity index (χ2v) is 3.76. The average Bonchev–Trinajstić information content (AvgIpc) is 1.97. The van der Waals surface area contributed by atoms with Crippen LogP contribution in [-0.4, -0.2) is 12.1 Å². The summed E-state index contributed by atoms with van der Waals surface area (Å²) in [7, 11) is 0. The maximum absolute atomic E-state index is 5.52. The molecule has 0 aromatic carbocycles. The molecule has 0 aromatic rings. The number of rotatable bonds is 4. The molecule has 0 radical (unpaired) electrons. The number of hydrogen-bond donors (Lipinski definition) is 0. The number of alkyl halides is 1. The summed E-state index contributed by atoms with van der Waals surface area (Å²) in [4.78, 5) is 1.29. The lowest BCUT2D eigenvalue weighted by molar-refractivity contribution is 0.830. The van der Waals surface area contributed by atoms with Crippen LogP contribution in [0.5, 0.6) is 0 Å². The molecule has 0 rings (SSSR count). The Labute approximate surface area is 78.7 Å². The Morgan fingerprint density at radius 2 is 2.18 bits per heavy atom. The summed E-state index contributed by atoms with van der Waals surface area (Å²) < 4.78 is 0. The Kier molecular flexibility index (Phi) is 6.88. The molecule has 0 saturated carbocycles. The van der Waals surface area contributed by atoms with Crippen molar-refractivity contribution in [1.82, 2.24) is 0 Å². The first-order valence-corrected chi connectivity index (χ1v) is 5.45. The molecule has 0 N–H and O–H groups in total. The first-order chi connectivity index (χ1) is 5.20. The SMILES string of the molecule is CSC(/C=C\CCl)=C/C(C)C. The van der Waals surface area contributed by atoms with E-state index in [1.54, 1.807) is 11.8 Å². The van der Waals surface area contributed by atoms with Crippen molar-refractivity contribution in [2.45, 2.75) is 13.8 Å². The van der Waals surface area contributed by atoms with Crippen molar-refractivity contribution >= 4 is 23.4 Å². The van der Waals surface area contributed by atoms with E-state index in [4.69, 9.17) is 11.6 Å². The lowest BCUT2D eigenvalue weighted by Crippen LogP contribution is -1.80. The lowest BCUT2D eigenvalue weighted by atomic mass is 10.2. The molecule has 2 heteroatoms. The summed E-state index contributed by atoms with van der Waals surface area (Å²) in [5.74, 6) is 1.20. The maximum Gasteiger partial charge on any atom is 0.0407 e. The largest absolute Gasteiger partial charge is 0.130 e. The van der Waals surface area contributed by atoms with E-state index < -0.39 is 0 Å². The van der Waals surface area contributed by atoms with Crippen LogP contribution < -0.4 is 0 Å². The Morgan fingerprint density at radius 3 is 2.55 bits per heavy atom. The highest BCUT2D eigenvalue weighted by molar-refractivity contribution is 8.02. The van der Waals surface area contributed by atoms with Crippen LogP contribution in [0.4, 0.5) is 0 Å². The number of thioether (sulfide) groups is 1. The Bertz CT molecular complexity index is 148. The number of allylic oxidation sites excluding steroid dienone is 3. The van der Waals surface area contributed by atoms with E-state index in [-0.39, 0.29) is 0 Å². The minimum atomic E-state index is 0.593. The molecule has 0 heterocycles. The second-order valence-electron chi connectivity index (χ2n) is 2.57. The minimum absolute atomic E-state index is 0.593. The first kappa shape index (κ1) is 11.1. The van der Waals surface area contributed by atoms with Crippen molar-refractivity contribution in [3.8, 4) is 0 Å². The van der Waals surface area contributed by atoms with Crippen molar-refractivity contribution in [2.24, 2.45) is 5.92 Å². The summed E-state index contributed by atoms with van der Waals surface area (Å²) in [6.07, 6.45) is 8.34. The highest BCUT2D eigenvalue weighted by atomic mass is 35.5. The van der Waals surface area contributed by atoms with Gasteiger partial charge in [-0.1, -0.05) is 32.1 Å². The minimum Gasteiger partial charge on any atom is -0.130 e. The first-order valence-electron chi connectivity index (χ1n) is 3.69. The highest BCUT2D eigenvalue weighted by Crippen LogP contribution is 2.15. The molecule has 0 aliphatic rings. The Hall–Kier alpha value is 0.120. The predicted molar refractivity (Wildman–Crippen MR) is 56.3 cm³/mol. The van der Waals surface area contributed by atoms with Crippen molar-refractivity contribution < 1.29 is 0 Å². The van der Waals surface area contributed by atoms with Crippen LogP contribution in [-0.2, 0) is 0 Å². The molecule has 0 bridgehead atoms. The summed E-state index contributed by atoms with van der Waals surface area (Å²) in [6.45, 7) is 4.34. The third kappa shape index (κ3) is 6.52. The van der Waals surface area contributed by atoms with Crippen LogP contribution in [0.15, 0.2) is 23.1 Å². The van der Waals surface area contributed by atoms with Crippen LogP contribution >= 0.6 is 23.4 Å². The summed E-state index contributed by atoms with van der Waals surface area (Å²) >= 11 is 7.27. The van der Waals surface area contributed by atoms with Gasteiger partial charge in [-0.2, -0.15) is 0 Å². The molecular weight excluding hydrogens is 176 g/mol. The predicted octanol–water partition coefficient (Wildman–Crippen LogP) is 3.68. The molecule has 0 amide bonds. The third-order valence-corrected chi connectivity index (χ3v) is 2.03. The molecule has 11 heavy (non-hydrogen) atoms. The Morgan fingerprint density at radius 1 is 1.55 bits per heavy atom. The smallest absolute Gasteiger partial charge is 0.0407 e. The van der Waals surface area contributed by atoms with E-state index in [9.17, 15) is 0 Å². The van der Waals surface area contributed by atoms with Crippen molar-refractivity contribution in [2.75, 3.05) is 12.1 Å². The van der Waals surface area contributed by atoms with Gasteiger partial charge in [0.1, 0.15) is 0 Å². The van der Waals surface area contributed by atoms with Crippen LogP contribution in [0, 0.1) is 5.92 Å². The molecule has 0 unspecified atom stereocenters. The van der Waals surface area contributed by atoms with Gasteiger partial charge in [0.05, 0.1) is 0 Å². The molecule has 0 aromatic heterocycles. The van der Waals surface area contributed by atoms with Gasteiger partial charge in [0, 0.05) is 10.8 Å². The zero-order valence-corrected chi connectivity index (χ0v) is 8.88. The molecule has 0 aliphatic heterocycles. The van der Waals surface area contributed by atoms with E-state index in [0.717, 1.165) is 0 Å². The van der Waals surface area contributed by atoms with E-state index >= 15 is 0 Å². The fourth-order valence-corrected chi connectivity index (χ4v) is 1.41. The summed E-state index contributed by atoms with van der Waals surface area (Å²) in [6, 6.07) is 0. The van der Waals surface area contributed by atoms with Gasteiger partial charge in [0.15, 0.2) is 0 Å². The standard InChI is InChI=1S/C9H15ClS/c1-8(2)7-9(11-3)5-4-6-10/h4-5,7-8H,6H2,1-3H3/b5-4-,9-7+. The van der Waals surface area contributed by atoms with Gasteiger partial charge in [-0.15, -0.1) is 23.4 Å². The third-order valence-electron chi connectivity index (χ3n) is 1.10. The van der Waals surface area contributed by atoms with Gasteiger partial charge < -0.3 is 0 Å². The number of halogens is 1. The average molecular weight is 191 g/mol. The molecule has 0 nitrogen and oxygen atoms in total. The Balaban J connectivity index is 4.04. The second kappa shape index (κ2) is 6.81. The molecule has 0 aliphatic carbocycles. The van der Waals surface area contributed by atoms with Gasteiger partial charge in [0.25, 0.3) is 0 Å². The van der Waals surface area contributed by atoms with Gasteiger partial charge >= 0.3 is 0 Å². The van der Waals surface area contributed by atoms with E-state index in [1.807, 2.05) is 6.08 Å². The molecule has 0 atom stereocenters. The van der Waals surface area contributed by atoms with Crippen LogP contribution in [0.25, 0.3) is 0 Å². The van der Waals surface area contributed by atoms with E-state index in [2.05, 4.69) is 32.3 Å². The summed E-state index contributed by atoms with van der Waals surface area (Å²) in [5, 5.41) is 0. The van der Waals surface area contributed by atoms with Crippen molar-refractivity contribution in [3.05, 3.63) is 23.1 Å². The fourth-order valence-electron chi connectivity index (χ4n) is 0.681. The molecule has 64 valence electrons. The van der Waals surface area contributed by atoms with Crippen LogP contribution in [0.2, 0.25) is 0 Å². The van der Waals surface area contributed by atoms with Crippen LogP contribution in [0.1, 0.15) is 13.8 Å². The van der Waals surface area contributed by atoms with Gasteiger partial charge in [-0.25, -0.2) is 0 Å². The number of hydrogen-bond acceptors (Lipinski definition) is 1. The molecule has 0 saturated heterocycles. The highest BCUT2D eigenvalue weighted by Gasteiger charge is 1.90. The van der Waals surface area contributed by atoms with E-state index in [0.29, 0.717) is 11.8 Å². The molecule has 0 fully saturated rings. The molecular formula is C9H15ClS. The zero-order chi connectivity index (χ0) is 8.69. The van der Waals surface area contributed by atoms with E-state index in [1.165, 1.54) is 4.91 Å². The van der Waals surface area contributed by atoms with Gasteiger partial charge in [-0.3, -0.25) is 0 Å². The topological polar surface area (TPSA) is 0 Å². The quantitative estimate of drug-likeness (QED) is 0.482. The monoisotopic (exact) mass is 190 g/mol. The zero-order valence-electron chi connectivity index (χ0n) is 7.30. The van der Waals surface area contributed by atoms with Crippen molar-refractivity contribution in [1.29, 1.82) is 0 Å². The van der Waals surface area contributed by atoms with Crippen LogP contribution in [0.3, 0.4) is 0 Å². The van der Waals surface area contributed by atoms with Gasteiger partial charge in [0.2, 0.25) is 0 Å². The maximum atomic E-state index is 5.52. The molecule has 0 spiro atoms.